The number of ketones is 1. The maximum Gasteiger partial charge on any atom is 0.143 e. The van der Waals surface area contributed by atoms with Gasteiger partial charge in [-0.25, -0.2) is 4.39 Å². The smallest absolute Gasteiger partial charge is 0.143 e. The number of benzene rings is 1. The van der Waals surface area contributed by atoms with Crippen molar-refractivity contribution in [2.24, 2.45) is 0 Å². The van der Waals surface area contributed by atoms with Gasteiger partial charge in [0.25, 0.3) is 0 Å². The Kier molecular flexibility index (Phi) is 4.08. The summed E-state index contributed by atoms with van der Waals surface area (Å²) in [6.07, 6.45) is 0.481. The molecule has 0 aliphatic carbocycles. The highest BCUT2D eigenvalue weighted by molar-refractivity contribution is 9.10. The summed E-state index contributed by atoms with van der Waals surface area (Å²) in [6, 6.07) is 4.17. The molecule has 1 unspecified atom stereocenters. The number of carbonyl (C=O) groups is 1. The lowest BCUT2D eigenvalue weighted by Gasteiger charge is -2.07. The van der Waals surface area contributed by atoms with E-state index in [4.69, 9.17) is 11.6 Å². The maximum absolute atomic E-state index is 12.7. The predicted octanol–water partition coefficient (Wildman–Crippen LogP) is 3.37. The van der Waals surface area contributed by atoms with Crippen LogP contribution in [0.5, 0.6) is 0 Å². The third-order valence-electron chi connectivity index (χ3n) is 1.86. The lowest BCUT2D eigenvalue weighted by molar-refractivity contribution is -0.116. The van der Waals surface area contributed by atoms with Gasteiger partial charge < -0.3 is 0 Å². The zero-order chi connectivity index (χ0) is 10.7. The van der Waals surface area contributed by atoms with E-state index in [2.05, 4.69) is 15.9 Å². The van der Waals surface area contributed by atoms with Crippen molar-refractivity contribution in [2.45, 2.75) is 18.2 Å². The lowest BCUT2D eigenvalue weighted by atomic mass is 10.1. The molecule has 0 saturated heterocycles. The second kappa shape index (κ2) is 4.89. The number of carbonyl (C=O) groups excluding carboxylic acids is 1. The molecule has 14 heavy (non-hydrogen) atoms. The molecule has 0 aromatic heterocycles. The Morgan fingerprint density at radius 2 is 2.29 bits per heavy atom. The van der Waals surface area contributed by atoms with E-state index in [1.54, 1.807) is 6.07 Å². The molecule has 76 valence electrons. The second-order valence-electron chi connectivity index (χ2n) is 3.02. The van der Waals surface area contributed by atoms with Crippen LogP contribution in [0.4, 0.5) is 4.39 Å². The first-order valence-corrected chi connectivity index (χ1v) is 5.38. The van der Waals surface area contributed by atoms with Crippen LogP contribution in [0.2, 0.25) is 5.02 Å². The van der Waals surface area contributed by atoms with Gasteiger partial charge in [-0.05, 0) is 31.0 Å². The molecule has 0 aliphatic heterocycles. The minimum absolute atomic E-state index is 0.0328. The van der Waals surface area contributed by atoms with Gasteiger partial charge in [-0.3, -0.25) is 4.79 Å². The van der Waals surface area contributed by atoms with Gasteiger partial charge in [0, 0.05) is 5.02 Å². The number of hydrogen-bond acceptors (Lipinski definition) is 1. The van der Waals surface area contributed by atoms with Crippen molar-refractivity contribution in [1.29, 1.82) is 0 Å². The zero-order valence-electron chi connectivity index (χ0n) is 7.56. The molecule has 0 N–H and O–H groups in total. The van der Waals surface area contributed by atoms with Gasteiger partial charge in [-0.15, -0.1) is 0 Å². The Hall–Kier alpha value is -0.410. The maximum atomic E-state index is 12.7. The van der Waals surface area contributed by atoms with Gasteiger partial charge in [-0.2, -0.15) is 0 Å². The topological polar surface area (TPSA) is 17.1 Å². The normalized spacial score (nSPS) is 12.6. The summed E-state index contributed by atoms with van der Waals surface area (Å²) in [5, 5.41) is 0.357. The molecule has 1 aromatic rings. The van der Waals surface area contributed by atoms with E-state index in [0.29, 0.717) is 11.4 Å². The molecule has 1 nitrogen and oxygen atoms in total. The van der Waals surface area contributed by atoms with Crippen LogP contribution in [-0.2, 0) is 11.2 Å². The molecule has 0 amide bonds. The van der Waals surface area contributed by atoms with E-state index in [1.807, 2.05) is 0 Å². The van der Waals surface area contributed by atoms with E-state index in [9.17, 15) is 9.18 Å². The fourth-order valence-corrected chi connectivity index (χ4v) is 1.62. The summed E-state index contributed by atoms with van der Waals surface area (Å²) >= 11 is 9.04. The molecule has 1 atom stereocenters. The molecule has 0 aliphatic rings. The Balaban J connectivity index is 2.82. The first-order valence-electron chi connectivity index (χ1n) is 4.09. The van der Waals surface area contributed by atoms with Gasteiger partial charge in [0.05, 0.1) is 4.83 Å². The summed E-state index contributed by atoms with van der Waals surface area (Å²) in [5.74, 6) is -0.335. The highest BCUT2D eigenvalue weighted by Crippen LogP contribution is 2.21. The first kappa shape index (κ1) is 11.7. The van der Waals surface area contributed by atoms with Crippen molar-refractivity contribution in [3.8, 4) is 0 Å². The van der Waals surface area contributed by atoms with Gasteiger partial charge in [0.1, 0.15) is 11.6 Å². The Morgan fingerprint density at radius 3 is 2.79 bits per heavy atom. The highest BCUT2D eigenvalue weighted by atomic mass is 79.9. The van der Waals surface area contributed by atoms with Crippen LogP contribution in [0, 0.1) is 5.82 Å². The Bertz CT molecular complexity index is 354. The third-order valence-corrected chi connectivity index (χ3v) is 3.18. The molecule has 1 aromatic carbocycles. The molecule has 0 spiro atoms. The van der Waals surface area contributed by atoms with Crippen molar-refractivity contribution >= 4 is 33.3 Å². The van der Waals surface area contributed by atoms with Crippen LogP contribution >= 0.6 is 27.5 Å². The predicted molar refractivity (Wildman–Crippen MR) is 58.5 cm³/mol. The monoisotopic (exact) mass is 278 g/mol. The van der Waals surface area contributed by atoms with Crippen molar-refractivity contribution in [3.05, 3.63) is 34.6 Å². The first-order chi connectivity index (χ1) is 6.50. The molecule has 0 heterocycles. The van der Waals surface area contributed by atoms with Gasteiger partial charge in [0.15, 0.2) is 0 Å². The van der Waals surface area contributed by atoms with E-state index >= 15 is 0 Å². The summed E-state index contributed by atoms with van der Waals surface area (Å²) in [5.41, 5.74) is 0.769. The lowest BCUT2D eigenvalue weighted by Crippen LogP contribution is -2.12. The Labute approximate surface area is 95.4 Å². The molecular formula is C10H9BrClFO. The molecule has 0 bridgehead atoms. The van der Waals surface area contributed by atoms with Crippen LogP contribution in [0.25, 0.3) is 0 Å². The summed E-state index contributed by atoms with van der Waals surface area (Å²) in [6.45, 7) is 1.50. The highest BCUT2D eigenvalue weighted by Gasteiger charge is 2.12. The van der Waals surface area contributed by atoms with Crippen molar-refractivity contribution in [2.75, 3.05) is 0 Å². The summed E-state index contributed by atoms with van der Waals surface area (Å²) in [7, 11) is 0. The number of halogens is 3. The minimum atomic E-state index is -0.368. The minimum Gasteiger partial charge on any atom is -0.299 e. The van der Waals surface area contributed by atoms with Crippen LogP contribution in [0.15, 0.2) is 18.2 Å². The molecular weight excluding hydrogens is 270 g/mol. The molecule has 4 heteroatoms. The van der Waals surface area contributed by atoms with Crippen LogP contribution in [0.3, 0.4) is 0 Å². The van der Waals surface area contributed by atoms with Gasteiger partial charge in [-0.1, -0.05) is 33.6 Å². The van der Waals surface area contributed by atoms with E-state index in [0.717, 1.165) is 5.56 Å². The molecule has 1 rings (SSSR count). The quantitative estimate of drug-likeness (QED) is 0.775. The number of alkyl halides is 1. The van der Waals surface area contributed by atoms with E-state index < -0.39 is 0 Å². The van der Waals surface area contributed by atoms with Crippen molar-refractivity contribution in [3.63, 3.8) is 0 Å². The van der Waals surface area contributed by atoms with E-state index in [-0.39, 0.29) is 16.4 Å². The molecule has 0 saturated carbocycles. The molecule has 0 radical (unpaired) electrons. The van der Waals surface area contributed by atoms with E-state index in [1.165, 1.54) is 19.1 Å². The van der Waals surface area contributed by atoms with Crippen molar-refractivity contribution < 1.29 is 9.18 Å². The SMILES string of the molecule is CC(=O)C(Br)Cc1ccc(F)cc1Cl. The fraction of sp³-hybridized carbons (Fsp3) is 0.300. The average molecular weight is 280 g/mol. The van der Waals surface area contributed by atoms with Gasteiger partial charge in [0.2, 0.25) is 0 Å². The average Bonchev–Trinajstić information content (AvgIpc) is 2.09. The zero-order valence-corrected chi connectivity index (χ0v) is 9.90. The second-order valence-corrected chi connectivity index (χ2v) is 4.53. The molecule has 0 fully saturated rings. The summed E-state index contributed by atoms with van der Waals surface area (Å²) in [4.78, 5) is 10.7. The summed E-state index contributed by atoms with van der Waals surface area (Å²) < 4.78 is 12.7. The third kappa shape index (κ3) is 3.07. The largest absolute Gasteiger partial charge is 0.299 e. The van der Waals surface area contributed by atoms with Crippen LogP contribution in [0.1, 0.15) is 12.5 Å². The van der Waals surface area contributed by atoms with Crippen molar-refractivity contribution in [1.82, 2.24) is 0 Å². The van der Waals surface area contributed by atoms with Gasteiger partial charge >= 0.3 is 0 Å². The standard InChI is InChI=1S/C10H9BrClFO/c1-6(14)9(11)4-7-2-3-8(13)5-10(7)12/h2-3,5,9H,4H2,1H3. The number of hydrogen-bond donors (Lipinski definition) is 0. The fourth-order valence-electron chi connectivity index (χ4n) is 1.02. The number of Topliss-reactive ketones (excluding diaryl/α,β-unsaturated/α-hetero) is 1. The Morgan fingerprint density at radius 1 is 1.64 bits per heavy atom. The number of rotatable bonds is 3. The van der Waals surface area contributed by atoms with Crippen LogP contribution in [-0.4, -0.2) is 10.6 Å². The van der Waals surface area contributed by atoms with Crippen LogP contribution < -0.4 is 0 Å².